The van der Waals surface area contributed by atoms with Gasteiger partial charge < -0.3 is 14.9 Å². The largest absolute Gasteiger partial charge is 0.393 e. The molecule has 1 heterocycles. The quantitative estimate of drug-likeness (QED) is 0.618. The Bertz CT molecular complexity index is 203. The summed E-state index contributed by atoms with van der Waals surface area (Å²) >= 11 is 0. The van der Waals surface area contributed by atoms with Gasteiger partial charge in [0, 0.05) is 26.2 Å². The normalized spacial score (nSPS) is 19.7. The molecule has 0 amide bonds. The van der Waals surface area contributed by atoms with Crippen LogP contribution in [0.3, 0.4) is 0 Å². The Balaban J connectivity index is 1.91. The Morgan fingerprint density at radius 3 is 2.11 bits per heavy atom. The second-order valence-electron chi connectivity index (χ2n) is 5.92. The van der Waals surface area contributed by atoms with Gasteiger partial charge in [0.1, 0.15) is 0 Å². The lowest BCUT2D eigenvalue weighted by Gasteiger charge is -2.34. The van der Waals surface area contributed by atoms with Crippen LogP contribution < -0.4 is 0 Å². The minimum absolute atomic E-state index is 0.0481. The first-order valence-corrected chi connectivity index (χ1v) is 8.39. The lowest BCUT2D eigenvalue weighted by molar-refractivity contribution is 0.132. The van der Waals surface area contributed by atoms with Gasteiger partial charge in [-0.1, -0.05) is 39.5 Å². The van der Waals surface area contributed by atoms with Gasteiger partial charge in [-0.15, -0.1) is 0 Å². The van der Waals surface area contributed by atoms with Gasteiger partial charge in [0.15, 0.2) is 0 Å². The van der Waals surface area contributed by atoms with Crippen molar-refractivity contribution in [1.29, 1.82) is 0 Å². The fraction of sp³-hybridized carbons (Fsp3) is 1.00. The third-order valence-corrected chi connectivity index (χ3v) is 4.31. The number of nitrogens with zero attached hydrogens (tertiary/aromatic N) is 2. The maximum absolute atomic E-state index is 9.77. The Morgan fingerprint density at radius 1 is 0.842 bits per heavy atom. The molecular weight excluding hydrogens is 236 g/mol. The summed E-state index contributed by atoms with van der Waals surface area (Å²) in [6.45, 7) is 11.9. The molecule has 0 spiro atoms. The number of aliphatic hydroxyl groups is 1. The van der Waals surface area contributed by atoms with Crippen molar-refractivity contribution in [3.8, 4) is 0 Å². The molecule has 3 nitrogen and oxygen atoms in total. The van der Waals surface area contributed by atoms with Gasteiger partial charge >= 0.3 is 0 Å². The Kier molecular flexibility index (Phi) is 9.48. The molecule has 0 aromatic carbocycles. The zero-order valence-electron chi connectivity index (χ0n) is 13.1. The summed E-state index contributed by atoms with van der Waals surface area (Å²) in [6, 6.07) is 0. The SMILES string of the molecule is CCCC[C@H](O)CCCCCN1CCN(CC)CC1. The minimum Gasteiger partial charge on any atom is -0.393 e. The standard InChI is InChI=1S/C16H34N2O/c1-3-5-9-16(19)10-7-6-8-11-18-14-12-17(4-2)13-15-18/h16,19H,3-15H2,1-2H3/t16-/m0/s1. The van der Waals surface area contributed by atoms with Crippen LogP contribution in [0.25, 0.3) is 0 Å². The molecule has 3 heteroatoms. The number of hydrogen-bond acceptors (Lipinski definition) is 3. The van der Waals surface area contributed by atoms with Crippen molar-refractivity contribution in [2.75, 3.05) is 39.3 Å². The predicted molar refractivity (Wildman–Crippen MR) is 82.6 cm³/mol. The lowest BCUT2D eigenvalue weighted by atomic mass is 10.1. The zero-order valence-corrected chi connectivity index (χ0v) is 13.1. The van der Waals surface area contributed by atoms with Crippen molar-refractivity contribution in [2.45, 2.75) is 64.9 Å². The maximum atomic E-state index is 9.77. The third-order valence-electron chi connectivity index (χ3n) is 4.31. The highest BCUT2D eigenvalue weighted by molar-refractivity contribution is 4.70. The second kappa shape index (κ2) is 10.6. The lowest BCUT2D eigenvalue weighted by Crippen LogP contribution is -2.46. The van der Waals surface area contributed by atoms with Gasteiger partial charge in [-0.2, -0.15) is 0 Å². The van der Waals surface area contributed by atoms with Gasteiger partial charge in [0.05, 0.1) is 6.10 Å². The van der Waals surface area contributed by atoms with E-state index in [1.54, 1.807) is 0 Å². The molecule has 1 rings (SSSR count). The van der Waals surface area contributed by atoms with Crippen molar-refractivity contribution in [2.24, 2.45) is 0 Å². The van der Waals surface area contributed by atoms with Crippen LogP contribution in [0.15, 0.2) is 0 Å². The predicted octanol–water partition coefficient (Wildman–Crippen LogP) is 2.74. The number of hydrogen-bond donors (Lipinski definition) is 1. The van der Waals surface area contributed by atoms with Crippen molar-refractivity contribution in [3.63, 3.8) is 0 Å². The summed E-state index contributed by atoms with van der Waals surface area (Å²) in [4.78, 5) is 5.13. The van der Waals surface area contributed by atoms with Gasteiger partial charge in [-0.3, -0.25) is 0 Å². The topological polar surface area (TPSA) is 26.7 Å². The average molecular weight is 270 g/mol. The fourth-order valence-corrected chi connectivity index (χ4v) is 2.81. The van der Waals surface area contributed by atoms with Crippen LogP contribution in [0, 0.1) is 0 Å². The summed E-state index contributed by atoms with van der Waals surface area (Å²) < 4.78 is 0. The van der Waals surface area contributed by atoms with Crippen LogP contribution in [-0.2, 0) is 0 Å². The molecular formula is C16H34N2O. The smallest absolute Gasteiger partial charge is 0.0540 e. The molecule has 114 valence electrons. The molecule has 0 aromatic heterocycles. The Hall–Kier alpha value is -0.120. The summed E-state index contributed by atoms with van der Waals surface area (Å²) in [6.07, 6.45) is 8.08. The molecule has 1 atom stereocenters. The van der Waals surface area contributed by atoms with Gasteiger partial charge in [-0.25, -0.2) is 0 Å². The number of rotatable bonds is 10. The Labute approximate surface area is 120 Å². The van der Waals surface area contributed by atoms with Crippen molar-refractivity contribution in [1.82, 2.24) is 9.80 Å². The number of aliphatic hydroxyl groups excluding tert-OH is 1. The third kappa shape index (κ3) is 7.91. The van der Waals surface area contributed by atoms with Crippen LogP contribution in [0.2, 0.25) is 0 Å². The van der Waals surface area contributed by atoms with Crippen LogP contribution in [-0.4, -0.2) is 60.3 Å². The molecule has 19 heavy (non-hydrogen) atoms. The van der Waals surface area contributed by atoms with Crippen molar-refractivity contribution in [3.05, 3.63) is 0 Å². The van der Waals surface area contributed by atoms with Gasteiger partial charge in [0.25, 0.3) is 0 Å². The molecule has 0 saturated carbocycles. The van der Waals surface area contributed by atoms with E-state index in [1.165, 1.54) is 71.4 Å². The first-order chi connectivity index (χ1) is 9.26. The van der Waals surface area contributed by atoms with Crippen molar-refractivity contribution < 1.29 is 5.11 Å². The fourth-order valence-electron chi connectivity index (χ4n) is 2.81. The van der Waals surface area contributed by atoms with E-state index in [2.05, 4.69) is 23.6 Å². The molecule has 1 aliphatic rings. The van der Waals surface area contributed by atoms with E-state index >= 15 is 0 Å². The highest BCUT2D eigenvalue weighted by Gasteiger charge is 2.14. The number of likely N-dealkylation sites (N-methyl/N-ethyl adjacent to an activating group) is 1. The first kappa shape index (κ1) is 16.9. The van der Waals surface area contributed by atoms with E-state index < -0.39 is 0 Å². The van der Waals surface area contributed by atoms with Crippen LogP contribution in [0.1, 0.15) is 58.8 Å². The summed E-state index contributed by atoms with van der Waals surface area (Å²) in [5.41, 5.74) is 0. The Morgan fingerprint density at radius 2 is 1.47 bits per heavy atom. The molecule has 1 aliphatic heterocycles. The van der Waals surface area contributed by atoms with Crippen molar-refractivity contribution >= 4 is 0 Å². The maximum Gasteiger partial charge on any atom is 0.0540 e. The van der Waals surface area contributed by atoms with Gasteiger partial charge in [0.2, 0.25) is 0 Å². The van der Waals surface area contributed by atoms with Crippen LogP contribution in [0.5, 0.6) is 0 Å². The molecule has 0 aliphatic carbocycles. The molecule has 0 bridgehead atoms. The molecule has 0 aromatic rings. The van der Waals surface area contributed by atoms with Crippen LogP contribution in [0.4, 0.5) is 0 Å². The van der Waals surface area contributed by atoms with E-state index in [-0.39, 0.29) is 6.10 Å². The summed E-state index contributed by atoms with van der Waals surface area (Å²) in [5.74, 6) is 0. The summed E-state index contributed by atoms with van der Waals surface area (Å²) in [5, 5.41) is 9.77. The zero-order chi connectivity index (χ0) is 13.9. The minimum atomic E-state index is -0.0481. The number of piperazine rings is 1. The molecule has 0 unspecified atom stereocenters. The van der Waals surface area contributed by atoms with E-state index in [4.69, 9.17) is 0 Å². The summed E-state index contributed by atoms with van der Waals surface area (Å²) in [7, 11) is 0. The van der Waals surface area contributed by atoms with Crippen LogP contribution >= 0.6 is 0 Å². The monoisotopic (exact) mass is 270 g/mol. The van der Waals surface area contributed by atoms with E-state index in [1.807, 2.05) is 0 Å². The highest BCUT2D eigenvalue weighted by atomic mass is 16.3. The molecule has 1 N–H and O–H groups in total. The van der Waals surface area contributed by atoms with E-state index in [9.17, 15) is 5.11 Å². The van der Waals surface area contributed by atoms with Gasteiger partial charge in [-0.05, 0) is 32.4 Å². The second-order valence-corrected chi connectivity index (χ2v) is 5.92. The highest BCUT2D eigenvalue weighted by Crippen LogP contribution is 2.10. The first-order valence-electron chi connectivity index (χ1n) is 8.39. The molecule has 1 fully saturated rings. The molecule has 1 saturated heterocycles. The number of unbranched alkanes of at least 4 members (excludes halogenated alkanes) is 3. The average Bonchev–Trinajstić information content (AvgIpc) is 2.45. The molecule has 0 radical (unpaired) electrons. The van der Waals surface area contributed by atoms with E-state index in [0.717, 1.165) is 12.8 Å². The van der Waals surface area contributed by atoms with E-state index in [0.29, 0.717) is 0 Å².